The summed E-state index contributed by atoms with van der Waals surface area (Å²) in [7, 11) is -3.31. The smallest absolute Gasteiger partial charge is 0.206 e. The molecule has 2 rings (SSSR count). The Bertz CT molecular complexity index is 527. The van der Waals surface area contributed by atoms with Gasteiger partial charge < -0.3 is 0 Å². The molecule has 1 aliphatic rings. The number of rotatable bonds is 3. The highest BCUT2D eigenvalue weighted by molar-refractivity contribution is 9.11. The summed E-state index contributed by atoms with van der Waals surface area (Å²) in [4.78, 5) is 0.454. The lowest BCUT2D eigenvalue weighted by molar-refractivity contribution is 0.275. The Balaban J connectivity index is 2.14. The average molecular weight is 431 g/mol. The summed E-state index contributed by atoms with van der Waals surface area (Å²) in [6.07, 6.45) is 1.86. The summed E-state index contributed by atoms with van der Waals surface area (Å²) >= 11 is 8.28. The topological polar surface area (TPSA) is 37.4 Å². The van der Waals surface area contributed by atoms with Crippen LogP contribution in [0.25, 0.3) is 0 Å². The molecule has 0 bridgehead atoms. The molecule has 108 valence electrons. The number of sulfonamides is 1. The molecule has 1 unspecified atom stereocenters. The molecule has 0 aromatic carbocycles. The zero-order valence-electron chi connectivity index (χ0n) is 10.9. The van der Waals surface area contributed by atoms with Crippen molar-refractivity contribution in [3.8, 4) is 0 Å². The van der Waals surface area contributed by atoms with Gasteiger partial charge in [0.05, 0.1) is 3.79 Å². The highest BCUT2D eigenvalue weighted by atomic mass is 79.9. The summed E-state index contributed by atoms with van der Waals surface area (Å²) in [6.45, 7) is 5.29. The number of aryl methyl sites for hydroxylation is 1. The number of hydrogen-bond acceptors (Lipinski definition) is 3. The first-order chi connectivity index (χ1) is 8.82. The summed E-state index contributed by atoms with van der Waals surface area (Å²) in [6, 6.07) is 1.75. The van der Waals surface area contributed by atoms with E-state index in [9.17, 15) is 8.42 Å². The largest absolute Gasteiger partial charge is 0.252 e. The SMILES string of the molecule is Cc1cc(S(=O)(=O)N2CCC(C(C)Br)CC2)sc1Br. The lowest BCUT2D eigenvalue weighted by atomic mass is 9.96. The molecule has 7 heteroatoms. The van der Waals surface area contributed by atoms with Gasteiger partial charge in [-0.05, 0) is 53.2 Å². The van der Waals surface area contributed by atoms with Gasteiger partial charge in [-0.3, -0.25) is 0 Å². The minimum Gasteiger partial charge on any atom is -0.206 e. The van der Waals surface area contributed by atoms with Crippen LogP contribution in [0.3, 0.4) is 0 Å². The van der Waals surface area contributed by atoms with Crippen LogP contribution >= 0.6 is 43.2 Å². The lowest BCUT2D eigenvalue weighted by Crippen LogP contribution is -2.39. The molecule has 19 heavy (non-hydrogen) atoms. The van der Waals surface area contributed by atoms with Crippen LogP contribution in [0.4, 0.5) is 0 Å². The molecule has 1 aromatic rings. The molecule has 1 aliphatic heterocycles. The van der Waals surface area contributed by atoms with Crippen molar-refractivity contribution in [1.29, 1.82) is 0 Å². The molecule has 1 saturated heterocycles. The molecule has 0 N–H and O–H groups in total. The van der Waals surface area contributed by atoms with Gasteiger partial charge in [-0.15, -0.1) is 11.3 Å². The van der Waals surface area contributed by atoms with Gasteiger partial charge in [0, 0.05) is 17.9 Å². The molecule has 0 spiro atoms. The zero-order chi connectivity index (χ0) is 14.2. The molecular weight excluding hydrogens is 414 g/mol. The molecule has 0 saturated carbocycles. The number of halogens is 2. The Labute approximate surface area is 135 Å². The summed E-state index contributed by atoms with van der Waals surface area (Å²) in [5, 5.41) is 0. The van der Waals surface area contributed by atoms with Gasteiger partial charge in [0.15, 0.2) is 0 Å². The number of thiophene rings is 1. The van der Waals surface area contributed by atoms with E-state index < -0.39 is 10.0 Å². The predicted octanol–water partition coefficient (Wildman–Crippen LogP) is 4.00. The Morgan fingerprint density at radius 1 is 1.42 bits per heavy atom. The van der Waals surface area contributed by atoms with E-state index in [0.29, 0.717) is 28.0 Å². The van der Waals surface area contributed by atoms with Crippen molar-refractivity contribution in [2.24, 2.45) is 5.92 Å². The number of piperidine rings is 1. The van der Waals surface area contributed by atoms with E-state index in [0.717, 1.165) is 22.2 Å². The molecule has 0 amide bonds. The lowest BCUT2D eigenvalue weighted by Gasteiger charge is -2.32. The first-order valence-corrected chi connectivity index (χ1v) is 10.2. The minimum atomic E-state index is -3.31. The van der Waals surface area contributed by atoms with Crippen molar-refractivity contribution in [3.05, 3.63) is 15.4 Å². The van der Waals surface area contributed by atoms with E-state index in [1.807, 2.05) is 6.92 Å². The monoisotopic (exact) mass is 429 g/mol. The maximum absolute atomic E-state index is 12.5. The molecule has 1 fully saturated rings. The van der Waals surface area contributed by atoms with Crippen LogP contribution in [0.15, 0.2) is 14.1 Å². The van der Waals surface area contributed by atoms with Crippen LogP contribution in [0.5, 0.6) is 0 Å². The van der Waals surface area contributed by atoms with E-state index >= 15 is 0 Å². The van der Waals surface area contributed by atoms with Crippen LogP contribution in [0, 0.1) is 12.8 Å². The zero-order valence-corrected chi connectivity index (χ0v) is 15.7. The first kappa shape index (κ1) is 15.9. The van der Waals surface area contributed by atoms with Gasteiger partial charge in [-0.25, -0.2) is 8.42 Å². The molecule has 1 aromatic heterocycles. The van der Waals surface area contributed by atoms with Crippen LogP contribution in [0.1, 0.15) is 25.3 Å². The average Bonchev–Trinajstić information content (AvgIpc) is 2.70. The van der Waals surface area contributed by atoms with Crippen molar-refractivity contribution >= 4 is 53.2 Å². The predicted molar refractivity (Wildman–Crippen MR) is 86.6 cm³/mol. The molecule has 0 aliphatic carbocycles. The molecule has 0 radical (unpaired) electrons. The second-order valence-electron chi connectivity index (χ2n) is 4.94. The van der Waals surface area contributed by atoms with Crippen LogP contribution in [-0.4, -0.2) is 30.6 Å². The van der Waals surface area contributed by atoms with Crippen molar-refractivity contribution in [2.75, 3.05) is 13.1 Å². The van der Waals surface area contributed by atoms with Crippen molar-refractivity contribution in [2.45, 2.75) is 35.7 Å². The normalized spacial score (nSPS) is 20.6. The summed E-state index contributed by atoms with van der Waals surface area (Å²) < 4.78 is 28.0. The highest BCUT2D eigenvalue weighted by Gasteiger charge is 2.31. The third-order valence-electron chi connectivity index (χ3n) is 3.58. The van der Waals surface area contributed by atoms with Crippen molar-refractivity contribution < 1.29 is 8.42 Å². The van der Waals surface area contributed by atoms with E-state index in [2.05, 4.69) is 38.8 Å². The highest BCUT2D eigenvalue weighted by Crippen LogP contribution is 2.34. The van der Waals surface area contributed by atoms with Crippen LogP contribution in [-0.2, 0) is 10.0 Å². The Kier molecular flexibility index (Phi) is 5.15. The quantitative estimate of drug-likeness (QED) is 0.679. The van der Waals surface area contributed by atoms with E-state index in [1.54, 1.807) is 10.4 Å². The Hall–Kier alpha value is 0.570. The van der Waals surface area contributed by atoms with Crippen molar-refractivity contribution in [3.63, 3.8) is 0 Å². The second kappa shape index (κ2) is 6.13. The minimum absolute atomic E-state index is 0.446. The maximum Gasteiger partial charge on any atom is 0.252 e. The molecule has 2 heterocycles. The Morgan fingerprint density at radius 3 is 2.42 bits per heavy atom. The fourth-order valence-electron chi connectivity index (χ4n) is 2.26. The van der Waals surface area contributed by atoms with Gasteiger partial charge in [-0.1, -0.05) is 22.9 Å². The van der Waals surface area contributed by atoms with Crippen LogP contribution in [0.2, 0.25) is 0 Å². The third kappa shape index (κ3) is 3.43. The fraction of sp³-hybridized carbons (Fsp3) is 0.667. The second-order valence-corrected chi connectivity index (χ2v) is 10.9. The number of hydrogen-bond donors (Lipinski definition) is 0. The molecule has 1 atom stereocenters. The summed E-state index contributed by atoms with van der Waals surface area (Å²) in [5.74, 6) is 0.572. The van der Waals surface area contributed by atoms with Crippen LogP contribution < -0.4 is 0 Å². The standard InChI is InChI=1S/C12H17Br2NO2S2/c1-8-7-11(18-12(8)14)19(16,17)15-5-3-10(4-6-15)9(2)13/h7,9-10H,3-6H2,1-2H3. The van der Waals surface area contributed by atoms with E-state index in [1.165, 1.54) is 11.3 Å². The van der Waals surface area contributed by atoms with Crippen molar-refractivity contribution in [1.82, 2.24) is 4.31 Å². The molecule has 3 nitrogen and oxygen atoms in total. The first-order valence-electron chi connectivity index (χ1n) is 6.22. The van der Waals surface area contributed by atoms with E-state index in [4.69, 9.17) is 0 Å². The van der Waals surface area contributed by atoms with Gasteiger partial charge >= 0.3 is 0 Å². The van der Waals surface area contributed by atoms with Gasteiger partial charge in [0.2, 0.25) is 0 Å². The number of nitrogens with zero attached hydrogens (tertiary/aromatic N) is 1. The summed E-state index contributed by atoms with van der Waals surface area (Å²) in [5.41, 5.74) is 0.979. The third-order valence-corrected chi connectivity index (χ3v) is 8.81. The fourth-order valence-corrected chi connectivity index (χ4v) is 6.64. The maximum atomic E-state index is 12.5. The van der Waals surface area contributed by atoms with Gasteiger partial charge in [-0.2, -0.15) is 4.31 Å². The van der Waals surface area contributed by atoms with Gasteiger partial charge in [0.1, 0.15) is 4.21 Å². The number of alkyl halides is 1. The van der Waals surface area contributed by atoms with Gasteiger partial charge in [0.25, 0.3) is 10.0 Å². The molecular formula is C12H17Br2NO2S2. The Morgan fingerprint density at radius 2 is 2.00 bits per heavy atom. The van der Waals surface area contributed by atoms with E-state index in [-0.39, 0.29) is 0 Å².